The number of nitrogens with zero attached hydrogens (tertiary/aromatic N) is 3. The van der Waals surface area contributed by atoms with Gasteiger partial charge in [-0.3, -0.25) is 0 Å². The fourth-order valence-electron chi connectivity index (χ4n) is 2.92. The van der Waals surface area contributed by atoms with Gasteiger partial charge in [0.1, 0.15) is 16.3 Å². The first-order chi connectivity index (χ1) is 11.5. The Bertz CT molecular complexity index is 797. The molecule has 2 aromatic rings. The summed E-state index contributed by atoms with van der Waals surface area (Å²) in [5.74, 6) is 0.635. The Morgan fingerprint density at radius 1 is 1.29 bits per heavy atom. The van der Waals surface area contributed by atoms with E-state index in [9.17, 15) is 8.42 Å². The van der Waals surface area contributed by atoms with Crippen molar-refractivity contribution in [3.05, 3.63) is 36.7 Å². The molecule has 1 fully saturated rings. The third-order valence-corrected chi connectivity index (χ3v) is 6.25. The van der Waals surface area contributed by atoms with Crippen LogP contribution in [0, 0.1) is 0 Å². The Hall–Kier alpha value is -1.90. The third-order valence-electron chi connectivity index (χ3n) is 4.39. The van der Waals surface area contributed by atoms with Crippen LogP contribution in [-0.2, 0) is 10.0 Å². The van der Waals surface area contributed by atoms with Crippen LogP contribution in [0.1, 0.15) is 12.8 Å². The molecule has 0 bridgehead atoms. The summed E-state index contributed by atoms with van der Waals surface area (Å²) in [5, 5.41) is 7.45. The van der Waals surface area contributed by atoms with Crippen molar-refractivity contribution in [3.63, 3.8) is 0 Å². The van der Waals surface area contributed by atoms with Gasteiger partial charge in [0, 0.05) is 13.1 Å². The van der Waals surface area contributed by atoms with Crippen molar-refractivity contribution >= 4 is 10.0 Å². The first-order valence-corrected chi connectivity index (χ1v) is 9.35. The van der Waals surface area contributed by atoms with Crippen LogP contribution >= 0.6 is 0 Å². The number of benzene rings is 1. The van der Waals surface area contributed by atoms with Crippen LogP contribution in [0.25, 0.3) is 5.69 Å². The van der Waals surface area contributed by atoms with Gasteiger partial charge in [-0.1, -0.05) is 12.1 Å². The second-order valence-corrected chi connectivity index (χ2v) is 7.79. The molecule has 0 spiro atoms. The number of nitrogens with one attached hydrogen (secondary N) is 1. The van der Waals surface area contributed by atoms with Gasteiger partial charge in [0.05, 0.1) is 19.5 Å². The van der Waals surface area contributed by atoms with Crippen molar-refractivity contribution in [2.24, 2.45) is 0 Å². The Balaban J connectivity index is 1.89. The van der Waals surface area contributed by atoms with E-state index < -0.39 is 10.0 Å². The number of hydrogen-bond donors (Lipinski definition) is 1. The van der Waals surface area contributed by atoms with Gasteiger partial charge in [0.25, 0.3) is 0 Å². The SMILES string of the molecule is COc1ccccc1-n1cc(S(=O)(=O)N(C)C2CCNCC2)cn1. The van der Waals surface area contributed by atoms with Crippen LogP contribution in [0.15, 0.2) is 41.6 Å². The van der Waals surface area contributed by atoms with Crippen molar-refractivity contribution in [1.29, 1.82) is 0 Å². The highest BCUT2D eigenvalue weighted by molar-refractivity contribution is 7.89. The summed E-state index contributed by atoms with van der Waals surface area (Å²) in [4.78, 5) is 0.189. The number of para-hydroxylation sites is 2. The van der Waals surface area contributed by atoms with Crippen LogP contribution in [0.5, 0.6) is 5.75 Å². The summed E-state index contributed by atoms with van der Waals surface area (Å²) in [7, 11) is -0.345. The highest BCUT2D eigenvalue weighted by atomic mass is 32.2. The van der Waals surface area contributed by atoms with Gasteiger partial charge in [-0.25, -0.2) is 13.1 Å². The number of ether oxygens (including phenoxy) is 1. The summed E-state index contributed by atoms with van der Waals surface area (Å²) >= 11 is 0. The van der Waals surface area contributed by atoms with Gasteiger partial charge in [0.15, 0.2) is 0 Å². The molecule has 1 aliphatic rings. The van der Waals surface area contributed by atoms with E-state index in [1.54, 1.807) is 14.2 Å². The highest BCUT2D eigenvalue weighted by Crippen LogP contribution is 2.25. The minimum absolute atomic E-state index is 0.0193. The molecular formula is C16H22N4O3S. The van der Waals surface area contributed by atoms with Crippen LogP contribution in [0.2, 0.25) is 0 Å². The molecule has 1 saturated heterocycles. The lowest BCUT2D eigenvalue weighted by atomic mass is 10.1. The van der Waals surface area contributed by atoms with Crippen LogP contribution in [0.4, 0.5) is 0 Å². The molecule has 7 nitrogen and oxygen atoms in total. The molecule has 1 N–H and O–H groups in total. The average Bonchev–Trinajstić information content (AvgIpc) is 3.12. The molecule has 2 heterocycles. The number of aromatic nitrogens is 2. The molecular weight excluding hydrogens is 328 g/mol. The Morgan fingerprint density at radius 3 is 2.71 bits per heavy atom. The second-order valence-electron chi connectivity index (χ2n) is 5.79. The van der Waals surface area contributed by atoms with E-state index in [1.165, 1.54) is 21.4 Å². The standard InChI is InChI=1S/C16H22N4O3S/c1-19(13-7-9-17-10-8-13)24(21,22)14-11-18-20(12-14)15-5-3-4-6-16(15)23-2/h3-6,11-13,17H,7-10H2,1-2H3. The lowest BCUT2D eigenvalue weighted by molar-refractivity contribution is 0.296. The maximum Gasteiger partial charge on any atom is 0.246 e. The molecule has 0 amide bonds. The van der Waals surface area contributed by atoms with E-state index >= 15 is 0 Å². The molecule has 0 atom stereocenters. The molecule has 1 aliphatic heterocycles. The molecule has 1 aromatic carbocycles. The lowest BCUT2D eigenvalue weighted by Crippen LogP contribution is -2.43. The molecule has 1 aromatic heterocycles. The normalized spacial score (nSPS) is 16.5. The lowest BCUT2D eigenvalue weighted by Gasteiger charge is -2.30. The van der Waals surface area contributed by atoms with Crippen molar-refractivity contribution in [2.75, 3.05) is 27.2 Å². The van der Waals surface area contributed by atoms with Crippen LogP contribution in [-0.4, -0.2) is 55.8 Å². The van der Waals surface area contributed by atoms with Crippen molar-refractivity contribution in [2.45, 2.75) is 23.8 Å². The maximum atomic E-state index is 12.9. The zero-order valence-electron chi connectivity index (χ0n) is 13.8. The van der Waals surface area contributed by atoms with E-state index in [4.69, 9.17) is 4.74 Å². The van der Waals surface area contributed by atoms with Gasteiger partial charge in [-0.05, 0) is 38.1 Å². The first kappa shape index (κ1) is 16.9. The van der Waals surface area contributed by atoms with Gasteiger partial charge in [-0.15, -0.1) is 0 Å². The zero-order valence-corrected chi connectivity index (χ0v) is 14.7. The summed E-state index contributed by atoms with van der Waals surface area (Å²) in [6.45, 7) is 1.68. The number of sulfonamides is 1. The summed E-state index contributed by atoms with van der Waals surface area (Å²) in [5.41, 5.74) is 0.700. The molecule has 130 valence electrons. The minimum atomic E-state index is -3.56. The predicted octanol–water partition coefficient (Wildman–Crippen LogP) is 1.25. The number of rotatable bonds is 5. The summed E-state index contributed by atoms with van der Waals surface area (Å²) in [6.07, 6.45) is 4.55. The van der Waals surface area contributed by atoms with Crippen molar-refractivity contribution in [1.82, 2.24) is 19.4 Å². The molecule has 0 aliphatic carbocycles. The van der Waals surface area contributed by atoms with Crippen molar-refractivity contribution in [3.8, 4) is 11.4 Å². The molecule has 0 unspecified atom stereocenters. The summed E-state index contributed by atoms with van der Waals surface area (Å²) < 4.78 is 34.0. The van der Waals surface area contributed by atoms with Gasteiger partial charge in [0.2, 0.25) is 10.0 Å². The van der Waals surface area contributed by atoms with E-state index in [-0.39, 0.29) is 10.9 Å². The second kappa shape index (κ2) is 6.92. The molecule has 24 heavy (non-hydrogen) atoms. The highest BCUT2D eigenvalue weighted by Gasteiger charge is 2.30. The monoisotopic (exact) mass is 350 g/mol. The topological polar surface area (TPSA) is 76.5 Å². The summed E-state index contributed by atoms with van der Waals surface area (Å²) in [6, 6.07) is 7.37. The van der Waals surface area contributed by atoms with Crippen LogP contribution < -0.4 is 10.1 Å². The predicted molar refractivity (Wildman–Crippen MR) is 91.0 cm³/mol. The van der Waals surface area contributed by atoms with E-state index in [2.05, 4.69) is 10.4 Å². The fourth-order valence-corrected chi connectivity index (χ4v) is 4.27. The van der Waals surface area contributed by atoms with E-state index in [1.807, 2.05) is 24.3 Å². The first-order valence-electron chi connectivity index (χ1n) is 7.91. The average molecular weight is 350 g/mol. The smallest absolute Gasteiger partial charge is 0.246 e. The van der Waals surface area contributed by atoms with E-state index in [0.29, 0.717) is 11.4 Å². The molecule has 3 rings (SSSR count). The quantitative estimate of drug-likeness (QED) is 0.878. The largest absolute Gasteiger partial charge is 0.494 e. The molecule has 0 radical (unpaired) electrons. The fraction of sp³-hybridized carbons (Fsp3) is 0.438. The number of hydrogen-bond acceptors (Lipinski definition) is 5. The van der Waals surface area contributed by atoms with Gasteiger partial charge < -0.3 is 10.1 Å². The molecule has 0 saturated carbocycles. The van der Waals surface area contributed by atoms with Crippen LogP contribution in [0.3, 0.4) is 0 Å². The Morgan fingerprint density at radius 2 is 2.00 bits per heavy atom. The maximum absolute atomic E-state index is 12.9. The Labute approximate surface area is 142 Å². The minimum Gasteiger partial charge on any atom is -0.494 e. The number of piperidine rings is 1. The van der Waals surface area contributed by atoms with Gasteiger partial charge >= 0.3 is 0 Å². The third kappa shape index (κ3) is 3.17. The Kier molecular flexibility index (Phi) is 4.88. The zero-order chi connectivity index (χ0) is 17.2. The van der Waals surface area contributed by atoms with Gasteiger partial charge in [-0.2, -0.15) is 9.40 Å². The number of methoxy groups -OCH3 is 1. The van der Waals surface area contributed by atoms with Crippen molar-refractivity contribution < 1.29 is 13.2 Å². The van der Waals surface area contributed by atoms with E-state index in [0.717, 1.165) is 25.9 Å². The molecule has 8 heteroatoms.